The molecule has 0 spiro atoms. The van der Waals surface area contributed by atoms with Crippen LogP contribution < -0.4 is 5.32 Å². The normalized spacial score (nSPS) is 17.5. The van der Waals surface area contributed by atoms with Crippen LogP contribution in [-0.4, -0.2) is 61.9 Å². The van der Waals surface area contributed by atoms with Crippen molar-refractivity contribution in [2.45, 2.75) is 44.6 Å². The van der Waals surface area contributed by atoms with E-state index in [1.807, 2.05) is 6.92 Å². The van der Waals surface area contributed by atoms with E-state index in [1.165, 1.54) is 4.90 Å². The maximum Gasteiger partial charge on any atom is 0.409 e. The topological polar surface area (TPSA) is 78.9 Å². The average molecular weight is 302 g/mol. The average Bonchev–Trinajstić information content (AvgIpc) is 2.25. The predicted octanol–water partition coefficient (Wildman–Crippen LogP) is 1.60. The summed E-state index contributed by atoms with van der Waals surface area (Å²) in [6.07, 6.45) is 0.453. The third kappa shape index (κ3) is 4.48. The largest absolute Gasteiger partial charge is 0.480 e. The maximum atomic E-state index is 11.8. The molecular formula is C13H26N2O4Si. The predicted molar refractivity (Wildman–Crippen MR) is 79.7 cm³/mol. The second-order valence-electron chi connectivity index (χ2n) is 6.60. The minimum absolute atomic E-state index is 0.175. The molecule has 1 aliphatic rings. The van der Waals surface area contributed by atoms with E-state index in [0.29, 0.717) is 13.2 Å². The van der Waals surface area contributed by atoms with Crippen molar-refractivity contribution in [3.63, 3.8) is 0 Å². The Morgan fingerprint density at radius 1 is 1.35 bits per heavy atom. The van der Waals surface area contributed by atoms with Gasteiger partial charge in [0.2, 0.25) is 0 Å². The Morgan fingerprint density at radius 3 is 2.40 bits per heavy atom. The van der Waals surface area contributed by atoms with Crippen molar-refractivity contribution < 1.29 is 19.4 Å². The molecule has 1 heterocycles. The molecule has 0 atom stereocenters. The molecule has 0 saturated carbocycles. The summed E-state index contributed by atoms with van der Waals surface area (Å²) >= 11 is 0. The van der Waals surface area contributed by atoms with Gasteiger partial charge in [-0.1, -0.05) is 26.6 Å². The van der Waals surface area contributed by atoms with Gasteiger partial charge in [0.25, 0.3) is 0 Å². The van der Waals surface area contributed by atoms with Crippen LogP contribution in [0.1, 0.15) is 13.3 Å². The minimum Gasteiger partial charge on any atom is -0.480 e. The summed E-state index contributed by atoms with van der Waals surface area (Å²) in [7, 11) is -1.22. The van der Waals surface area contributed by atoms with Crippen molar-refractivity contribution >= 4 is 20.1 Å². The molecule has 2 N–H and O–H groups in total. The Labute approximate surface area is 121 Å². The molecule has 0 aromatic carbocycles. The van der Waals surface area contributed by atoms with E-state index in [4.69, 9.17) is 4.74 Å². The molecule has 116 valence electrons. The van der Waals surface area contributed by atoms with E-state index >= 15 is 0 Å². The number of hydrogen-bond donors (Lipinski definition) is 2. The van der Waals surface area contributed by atoms with Crippen LogP contribution >= 0.6 is 0 Å². The highest BCUT2D eigenvalue weighted by atomic mass is 28.3. The van der Waals surface area contributed by atoms with Crippen LogP contribution in [0.4, 0.5) is 4.79 Å². The first kappa shape index (κ1) is 17.0. The highest BCUT2D eigenvalue weighted by Gasteiger charge is 2.51. The molecule has 7 heteroatoms. The van der Waals surface area contributed by atoms with Gasteiger partial charge >= 0.3 is 12.1 Å². The van der Waals surface area contributed by atoms with Crippen molar-refractivity contribution in [1.82, 2.24) is 10.2 Å². The van der Waals surface area contributed by atoms with Crippen LogP contribution in [0, 0.1) is 0 Å². The smallest absolute Gasteiger partial charge is 0.409 e. The molecular weight excluding hydrogens is 276 g/mol. The molecule has 0 radical (unpaired) electrons. The molecule has 0 bridgehead atoms. The number of carboxylic acids is 1. The molecule has 0 aliphatic carbocycles. The number of likely N-dealkylation sites (tertiary alicyclic amines) is 1. The molecule has 0 aromatic heterocycles. The van der Waals surface area contributed by atoms with Gasteiger partial charge in [0.15, 0.2) is 5.54 Å². The summed E-state index contributed by atoms with van der Waals surface area (Å²) in [6.45, 7) is 10.0. The fourth-order valence-electron chi connectivity index (χ4n) is 1.96. The van der Waals surface area contributed by atoms with Gasteiger partial charge in [-0.3, -0.25) is 10.1 Å². The molecule has 20 heavy (non-hydrogen) atoms. The molecule has 1 saturated heterocycles. The molecule has 0 unspecified atom stereocenters. The summed E-state index contributed by atoms with van der Waals surface area (Å²) in [5.74, 6) is -0.905. The number of amides is 1. The summed E-state index contributed by atoms with van der Waals surface area (Å²) in [5, 5.41) is 12.3. The van der Waals surface area contributed by atoms with Crippen molar-refractivity contribution in [2.75, 3.05) is 26.2 Å². The molecule has 1 amide bonds. The zero-order valence-electron chi connectivity index (χ0n) is 12.9. The fraction of sp³-hybridized carbons (Fsp3) is 0.846. The number of carboxylic acid groups (broad SMARTS) is 1. The zero-order chi connectivity index (χ0) is 15.4. The van der Waals surface area contributed by atoms with Crippen LogP contribution in [0.2, 0.25) is 25.7 Å². The van der Waals surface area contributed by atoms with Gasteiger partial charge in [-0.05, 0) is 19.0 Å². The van der Waals surface area contributed by atoms with Crippen LogP contribution in [0.3, 0.4) is 0 Å². The van der Waals surface area contributed by atoms with Crippen LogP contribution in [0.5, 0.6) is 0 Å². The number of carbonyl (C=O) groups excluding carboxylic acids is 1. The Morgan fingerprint density at radius 2 is 1.95 bits per heavy atom. The highest BCUT2D eigenvalue weighted by molar-refractivity contribution is 6.76. The van der Waals surface area contributed by atoms with Crippen molar-refractivity contribution in [2.24, 2.45) is 0 Å². The fourth-order valence-corrected chi connectivity index (χ4v) is 2.67. The number of nitrogens with zero attached hydrogens (tertiary/aromatic N) is 1. The Kier molecular flexibility index (Phi) is 5.58. The SMILES string of the molecule is CCCNC1(C(=O)O)CN(C(=O)OCC[Si](C)(C)C)C1. The third-order valence-electron chi connectivity index (χ3n) is 3.38. The molecule has 6 nitrogen and oxygen atoms in total. The van der Waals surface area contributed by atoms with Gasteiger partial charge in [-0.2, -0.15) is 0 Å². The second kappa shape index (κ2) is 6.58. The molecule has 1 fully saturated rings. The van der Waals surface area contributed by atoms with Gasteiger partial charge in [0.1, 0.15) is 0 Å². The number of rotatable bonds is 7. The van der Waals surface area contributed by atoms with Gasteiger partial charge < -0.3 is 14.7 Å². The summed E-state index contributed by atoms with van der Waals surface area (Å²) in [6, 6.07) is 0.921. The number of hydrogen-bond acceptors (Lipinski definition) is 4. The monoisotopic (exact) mass is 302 g/mol. The standard InChI is InChI=1S/C13H26N2O4Si/c1-5-6-14-13(11(16)17)9-15(10-13)12(18)19-7-8-20(2,3)4/h14H,5-10H2,1-4H3,(H,16,17). The van der Waals surface area contributed by atoms with E-state index in [0.717, 1.165) is 12.5 Å². The quantitative estimate of drug-likeness (QED) is 0.698. The van der Waals surface area contributed by atoms with Crippen LogP contribution in [0.15, 0.2) is 0 Å². The lowest BCUT2D eigenvalue weighted by molar-refractivity contribution is -0.151. The second-order valence-corrected chi connectivity index (χ2v) is 12.2. The first-order chi connectivity index (χ1) is 9.20. The lowest BCUT2D eigenvalue weighted by Gasteiger charge is -2.46. The van der Waals surface area contributed by atoms with E-state index in [-0.39, 0.29) is 13.1 Å². The molecule has 1 aliphatic heterocycles. The highest BCUT2D eigenvalue weighted by Crippen LogP contribution is 2.22. The third-order valence-corrected chi connectivity index (χ3v) is 5.08. The number of nitrogens with one attached hydrogen (secondary N) is 1. The lowest BCUT2D eigenvalue weighted by atomic mass is 9.90. The van der Waals surface area contributed by atoms with Crippen LogP contribution in [0.25, 0.3) is 0 Å². The Hall–Kier alpha value is -1.08. The minimum atomic E-state index is -1.22. The zero-order valence-corrected chi connectivity index (χ0v) is 13.9. The summed E-state index contributed by atoms with van der Waals surface area (Å²) in [4.78, 5) is 24.5. The van der Waals surface area contributed by atoms with Gasteiger partial charge in [-0.25, -0.2) is 4.79 Å². The first-order valence-corrected chi connectivity index (χ1v) is 10.8. The number of carbonyl (C=O) groups is 2. The maximum absolute atomic E-state index is 11.8. The van der Waals surface area contributed by atoms with E-state index in [2.05, 4.69) is 25.0 Å². The van der Waals surface area contributed by atoms with Crippen LogP contribution in [-0.2, 0) is 9.53 Å². The first-order valence-electron chi connectivity index (χ1n) is 7.10. The van der Waals surface area contributed by atoms with Crippen molar-refractivity contribution in [3.05, 3.63) is 0 Å². The number of aliphatic carboxylic acids is 1. The lowest BCUT2D eigenvalue weighted by Crippen LogP contribution is -2.74. The molecule has 0 aromatic rings. The van der Waals surface area contributed by atoms with Gasteiger partial charge in [0, 0.05) is 8.07 Å². The number of ether oxygens (including phenoxy) is 1. The van der Waals surface area contributed by atoms with Crippen molar-refractivity contribution in [3.8, 4) is 0 Å². The summed E-state index contributed by atoms with van der Waals surface area (Å²) < 4.78 is 5.20. The van der Waals surface area contributed by atoms with E-state index in [9.17, 15) is 14.7 Å². The van der Waals surface area contributed by atoms with Gasteiger partial charge in [-0.15, -0.1) is 0 Å². The van der Waals surface area contributed by atoms with E-state index in [1.54, 1.807) is 0 Å². The molecule has 1 rings (SSSR count). The summed E-state index contributed by atoms with van der Waals surface area (Å²) in [5.41, 5.74) is -0.992. The van der Waals surface area contributed by atoms with Gasteiger partial charge in [0.05, 0.1) is 19.7 Å². The van der Waals surface area contributed by atoms with Crippen molar-refractivity contribution in [1.29, 1.82) is 0 Å². The van der Waals surface area contributed by atoms with E-state index < -0.39 is 25.7 Å². The Bertz CT molecular complexity index is 362. The Balaban J connectivity index is 2.37.